The van der Waals surface area contributed by atoms with E-state index in [9.17, 15) is 14.0 Å². The lowest BCUT2D eigenvalue weighted by atomic mass is 10.1. The van der Waals surface area contributed by atoms with Crippen LogP contribution in [0.25, 0.3) is 0 Å². The number of carbonyl (C=O) groups excluding carboxylic acids is 2. The van der Waals surface area contributed by atoms with Crippen LogP contribution in [0, 0.1) is 5.13 Å². The van der Waals surface area contributed by atoms with Crippen molar-refractivity contribution in [3.63, 3.8) is 0 Å². The highest BCUT2D eigenvalue weighted by atomic mass is 32.1. The van der Waals surface area contributed by atoms with Gasteiger partial charge >= 0.3 is 0 Å². The van der Waals surface area contributed by atoms with Gasteiger partial charge in [0.15, 0.2) is 22.1 Å². The van der Waals surface area contributed by atoms with E-state index >= 15 is 0 Å². The highest BCUT2D eigenvalue weighted by molar-refractivity contribution is 7.14. The zero-order valence-corrected chi connectivity index (χ0v) is 17.5. The topological polar surface area (TPSA) is 115 Å². The normalized spacial score (nSPS) is 15.9. The fraction of sp³-hybridized carbons (Fsp3) is 0.190. The second-order valence-electron chi connectivity index (χ2n) is 6.73. The molecular formula is C21H18FN5O4S. The summed E-state index contributed by atoms with van der Waals surface area (Å²) in [6.45, 7) is 0.945. The van der Waals surface area contributed by atoms with E-state index in [1.165, 1.54) is 6.20 Å². The molecule has 1 aliphatic heterocycles. The summed E-state index contributed by atoms with van der Waals surface area (Å²) in [7, 11) is 0. The van der Waals surface area contributed by atoms with Crippen molar-refractivity contribution in [1.29, 1.82) is 0 Å². The maximum Gasteiger partial charge on any atom is 0.280 e. The Morgan fingerprint density at radius 1 is 1.16 bits per heavy atom. The number of halogens is 1. The SMILES string of the molecule is O=C(Nc1ncc(F)s1)C(=NO[C@@H]1CCOC1)c1ccc(NC(=O)c2cccnc2)cc1. The molecule has 0 spiro atoms. The molecule has 1 atom stereocenters. The number of aromatic nitrogens is 2. The maximum absolute atomic E-state index is 13.2. The van der Waals surface area contributed by atoms with Crippen LogP contribution in [0.2, 0.25) is 0 Å². The Morgan fingerprint density at radius 3 is 2.66 bits per heavy atom. The molecule has 2 N–H and O–H groups in total. The van der Waals surface area contributed by atoms with Crippen molar-refractivity contribution in [2.45, 2.75) is 12.5 Å². The summed E-state index contributed by atoms with van der Waals surface area (Å²) >= 11 is 0.701. The summed E-state index contributed by atoms with van der Waals surface area (Å²) in [5, 5.41) is 8.88. The smallest absolute Gasteiger partial charge is 0.280 e. The van der Waals surface area contributed by atoms with Gasteiger partial charge in [0.25, 0.3) is 11.8 Å². The maximum atomic E-state index is 13.2. The van der Waals surface area contributed by atoms with Crippen LogP contribution in [-0.4, -0.2) is 46.8 Å². The number of hydrogen-bond donors (Lipinski definition) is 2. The van der Waals surface area contributed by atoms with E-state index in [4.69, 9.17) is 9.57 Å². The molecule has 0 unspecified atom stereocenters. The van der Waals surface area contributed by atoms with Crippen LogP contribution in [0.5, 0.6) is 0 Å². The van der Waals surface area contributed by atoms with Gasteiger partial charge in [-0.25, -0.2) is 4.98 Å². The molecule has 3 heterocycles. The number of amides is 2. The minimum atomic E-state index is -0.606. The Morgan fingerprint density at radius 2 is 2.00 bits per heavy atom. The van der Waals surface area contributed by atoms with E-state index in [1.807, 2.05) is 0 Å². The van der Waals surface area contributed by atoms with Crippen LogP contribution >= 0.6 is 11.3 Å². The lowest BCUT2D eigenvalue weighted by Gasteiger charge is -2.10. The van der Waals surface area contributed by atoms with Crippen LogP contribution in [0.15, 0.2) is 60.1 Å². The molecule has 1 aromatic carbocycles. The second-order valence-corrected chi connectivity index (χ2v) is 7.71. The Labute approximate surface area is 186 Å². The minimum Gasteiger partial charge on any atom is -0.389 e. The Kier molecular flexibility index (Phi) is 6.78. The van der Waals surface area contributed by atoms with Gasteiger partial charge in [-0.1, -0.05) is 28.6 Å². The first-order chi connectivity index (χ1) is 15.6. The van der Waals surface area contributed by atoms with Crippen molar-refractivity contribution in [3.8, 4) is 0 Å². The third-order valence-corrected chi connectivity index (χ3v) is 5.14. The first kappa shape index (κ1) is 21.5. The van der Waals surface area contributed by atoms with Crippen molar-refractivity contribution < 1.29 is 23.6 Å². The molecule has 11 heteroatoms. The van der Waals surface area contributed by atoms with E-state index < -0.39 is 11.0 Å². The first-order valence-electron chi connectivity index (χ1n) is 9.64. The molecule has 32 heavy (non-hydrogen) atoms. The highest BCUT2D eigenvalue weighted by Crippen LogP contribution is 2.18. The fourth-order valence-corrected chi connectivity index (χ4v) is 3.37. The summed E-state index contributed by atoms with van der Waals surface area (Å²) in [6.07, 6.45) is 4.47. The number of carbonyl (C=O) groups is 2. The number of hydrogen-bond acceptors (Lipinski definition) is 8. The number of oxime groups is 1. The molecule has 3 aromatic rings. The minimum absolute atomic E-state index is 0.0161. The van der Waals surface area contributed by atoms with Crippen molar-refractivity contribution in [2.75, 3.05) is 23.8 Å². The summed E-state index contributed by atoms with van der Waals surface area (Å²) in [5.74, 6) is -0.918. The van der Waals surface area contributed by atoms with Gasteiger partial charge < -0.3 is 14.9 Å². The average Bonchev–Trinajstić information content (AvgIpc) is 3.47. The summed E-state index contributed by atoms with van der Waals surface area (Å²) in [6, 6.07) is 9.82. The van der Waals surface area contributed by atoms with Gasteiger partial charge in [0.1, 0.15) is 0 Å². The monoisotopic (exact) mass is 455 g/mol. The largest absolute Gasteiger partial charge is 0.389 e. The van der Waals surface area contributed by atoms with Gasteiger partial charge in [-0.15, -0.1) is 0 Å². The van der Waals surface area contributed by atoms with Crippen LogP contribution in [0.3, 0.4) is 0 Å². The Balaban J connectivity index is 1.51. The highest BCUT2D eigenvalue weighted by Gasteiger charge is 2.21. The van der Waals surface area contributed by atoms with Crippen LogP contribution in [0.4, 0.5) is 15.2 Å². The number of nitrogens with one attached hydrogen (secondary N) is 2. The van der Waals surface area contributed by atoms with E-state index in [2.05, 4.69) is 25.8 Å². The molecule has 2 aromatic heterocycles. The number of thiazole rings is 1. The van der Waals surface area contributed by atoms with Gasteiger partial charge in [0.2, 0.25) is 0 Å². The van der Waals surface area contributed by atoms with Crippen molar-refractivity contribution in [2.24, 2.45) is 5.16 Å². The van der Waals surface area contributed by atoms with Gasteiger partial charge in [0.05, 0.1) is 25.0 Å². The van der Waals surface area contributed by atoms with E-state index in [1.54, 1.807) is 42.6 Å². The summed E-state index contributed by atoms with van der Waals surface area (Å²) in [4.78, 5) is 38.3. The molecular weight excluding hydrogens is 437 g/mol. The van der Waals surface area contributed by atoms with Gasteiger partial charge in [-0.2, -0.15) is 4.39 Å². The van der Waals surface area contributed by atoms with Crippen molar-refractivity contribution in [3.05, 3.63) is 71.2 Å². The van der Waals surface area contributed by atoms with Gasteiger partial charge in [-0.3, -0.25) is 19.9 Å². The summed E-state index contributed by atoms with van der Waals surface area (Å²) in [5.41, 5.74) is 1.37. The number of benzene rings is 1. The zero-order valence-electron chi connectivity index (χ0n) is 16.7. The molecule has 1 aliphatic rings. The molecule has 164 valence electrons. The molecule has 2 amide bonds. The number of nitrogens with zero attached hydrogens (tertiary/aromatic N) is 3. The Hall–Kier alpha value is -3.70. The molecule has 9 nitrogen and oxygen atoms in total. The lowest BCUT2D eigenvalue weighted by Crippen LogP contribution is -2.25. The standard InChI is InChI=1S/C21H18FN5O4S/c22-17-11-24-21(32-17)26-20(29)18(27-31-16-7-9-30-12-16)13-3-5-15(6-4-13)25-19(28)14-2-1-8-23-10-14/h1-6,8,10-11,16H,7,9,12H2,(H,25,28)(H,24,26,29)/t16-/m1/s1. The summed E-state index contributed by atoms with van der Waals surface area (Å²) < 4.78 is 18.5. The van der Waals surface area contributed by atoms with Crippen LogP contribution in [-0.2, 0) is 14.4 Å². The van der Waals surface area contributed by atoms with E-state index in [0.29, 0.717) is 47.8 Å². The quantitative estimate of drug-likeness (QED) is 0.418. The Bertz CT molecular complexity index is 1110. The molecule has 0 radical (unpaired) electrons. The van der Waals surface area contributed by atoms with Crippen LogP contribution < -0.4 is 10.6 Å². The zero-order chi connectivity index (χ0) is 22.3. The molecule has 4 rings (SSSR count). The molecule has 1 fully saturated rings. The molecule has 0 aliphatic carbocycles. The van der Waals surface area contributed by atoms with E-state index in [-0.39, 0.29) is 22.9 Å². The number of anilines is 2. The molecule has 0 bridgehead atoms. The predicted octanol–water partition coefficient (Wildman–Crippen LogP) is 3.08. The van der Waals surface area contributed by atoms with Gasteiger partial charge in [0, 0.05) is 30.1 Å². The van der Waals surface area contributed by atoms with Crippen molar-refractivity contribution >= 4 is 39.7 Å². The van der Waals surface area contributed by atoms with Crippen molar-refractivity contribution in [1.82, 2.24) is 9.97 Å². The second kappa shape index (κ2) is 10.1. The fourth-order valence-electron chi connectivity index (χ4n) is 2.83. The average molecular weight is 455 g/mol. The first-order valence-corrected chi connectivity index (χ1v) is 10.5. The third kappa shape index (κ3) is 5.50. The molecule has 0 saturated carbocycles. The number of ether oxygens (including phenoxy) is 1. The van der Waals surface area contributed by atoms with Crippen LogP contribution in [0.1, 0.15) is 22.3 Å². The van der Waals surface area contributed by atoms with Gasteiger partial charge in [-0.05, 0) is 24.3 Å². The number of pyridine rings is 1. The number of rotatable bonds is 7. The third-order valence-electron chi connectivity index (χ3n) is 4.43. The van der Waals surface area contributed by atoms with E-state index in [0.717, 1.165) is 6.20 Å². The predicted molar refractivity (Wildman–Crippen MR) is 116 cm³/mol. The lowest BCUT2D eigenvalue weighted by molar-refractivity contribution is -0.110. The molecule has 1 saturated heterocycles.